The molecule has 0 radical (unpaired) electrons. The van der Waals surface area contributed by atoms with Crippen LogP contribution in [0, 0.1) is 0 Å². The fourth-order valence-electron chi connectivity index (χ4n) is 1.98. The Balaban J connectivity index is 1.79. The summed E-state index contributed by atoms with van der Waals surface area (Å²) in [5.74, 6) is 1.00. The summed E-state index contributed by atoms with van der Waals surface area (Å²) in [6.45, 7) is 0. The average molecular weight is 280 g/mol. The van der Waals surface area contributed by atoms with Crippen molar-refractivity contribution in [1.82, 2.24) is 5.16 Å². The second kappa shape index (κ2) is 4.27. The number of anilines is 1. The Morgan fingerprint density at radius 3 is 2.79 bits per heavy atom. The van der Waals surface area contributed by atoms with Crippen molar-refractivity contribution >= 4 is 15.7 Å². The highest BCUT2D eigenvalue weighted by Gasteiger charge is 2.35. The van der Waals surface area contributed by atoms with Crippen molar-refractivity contribution in [1.29, 1.82) is 0 Å². The standard InChI is InChI=1S/C12H12N2O4S/c13-12-11(5-14-18-12)8-2-1-3-9(4-8)17-10-6-19(15,16)7-10/h1-5,10H,6-7,13H2. The summed E-state index contributed by atoms with van der Waals surface area (Å²) in [7, 11) is -2.88. The van der Waals surface area contributed by atoms with Gasteiger partial charge in [0.2, 0.25) is 5.88 Å². The van der Waals surface area contributed by atoms with Crippen LogP contribution >= 0.6 is 0 Å². The van der Waals surface area contributed by atoms with Gasteiger partial charge in [0.05, 0.1) is 23.3 Å². The molecule has 0 aliphatic carbocycles. The molecule has 2 heterocycles. The van der Waals surface area contributed by atoms with Crippen molar-refractivity contribution in [3.63, 3.8) is 0 Å². The highest BCUT2D eigenvalue weighted by Crippen LogP contribution is 2.29. The maximum absolute atomic E-state index is 11.1. The van der Waals surface area contributed by atoms with Crippen molar-refractivity contribution in [2.75, 3.05) is 17.2 Å². The fourth-order valence-corrected chi connectivity index (χ4v) is 3.15. The van der Waals surface area contributed by atoms with Crippen LogP contribution in [-0.2, 0) is 9.84 Å². The lowest BCUT2D eigenvalue weighted by atomic mass is 10.1. The number of hydrogen-bond acceptors (Lipinski definition) is 6. The summed E-state index contributed by atoms with van der Waals surface area (Å²) in [5.41, 5.74) is 7.15. The topological polar surface area (TPSA) is 95.4 Å². The van der Waals surface area contributed by atoms with Gasteiger partial charge in [-0.25, -0.2) is 8.42 Å². The summed E-state index contributed by atoms with van der Waals surface area (Å²) in [4.78, 5) is 0. The minimum Gasteiger partial charge on any atom is -0.488 e. The van der Waals surface area contributed by atoms with E-state index in [-0.39, 0.29) is 23.5 Å². The first-order chi connectivity index (χ1) is 9.03. The highest BCUT2D eigenvalue weighted by molar-refractivity contribution is 7.92. The first-order valence-electron chi connectivity index (χ1n) is 5.71. The van der Waals surface area contributed by atoms with Gasteiger partial charge in [0.15, 0.2) is 9.84 Å². The number of nitrogen functional groups attached to an aromatic ring is 1. The van der Waals surface area contributed by atoms with E-state index in [0.29, 0.717) is 11.3 Å². The molecule has 0 unspecified atom stereocenters. The molecule has 1 fully saturated rings. The smallest absolute Gasteiger partial charge is 0.229 e. The van der Waals surface area contributed by atoms with Crippen LogP contribution < -0.4 is 10.5 Å². The van der Waals surface area contributed by atoms with E-state index in [4.69, 9.17) is 15.0 Å². The molecule has 0 amide bonds. The molecule has 0 saturated carbocycles. The Morgan fingerprint density at radius 1 is 1.37 bits per heavy atom. The summed E-state index contributed by atoms with van der Waals surface area (Å²) in [5, 5.41) is 3.61. The number of sulfone groups is 1. The van der Waals surface area contributed by atoms with Crippen molar-refractivity contribution in [2.24, 2.45) is 0 Å². The van der Waals surface area contributed by atoms with Crippen LogP contribution in [0.25, 0.3) is 11.1 Å². The van der Waals surface area contributed by atoms with E-state index in [1.165, 1.54) is 6.20 Å². The SMILES string of the molecule is Nc1oncc1-c1cccc(OC2CS(=O)(=O)C2)c1. The van der Waals surface area contributed by atoms with Crippen LogP contribution in [0.1, 0.15) is 0 Å². The normalized spacial score (nSPS) is 17.9. The zero-order chi connectivity index (χ0) is 13.5. The van der Waals surface area contributed by atoms with Gasteiger partial charge < -0.3 is 15.0 Å². The third-order valence-corrected chi connectivity index (χ3v) is 4.69. The van der Waals surface area contributed by atoms with Gasteiger partial charge in [-0.15, -0.1) is 0 Å². The van der Waals surface area contributed by atoms with Crippen molar-refractivity contribution in [2.45, 2.75) is 6.10 Å². The first kappa shape index (κ1) is 12.0. The zero-order valence-corrected chi connectivity index (χ0v) is 10.8. The molecule has 0 atom stereocenters. The van der Waals surface area contributed by atoms with Crippen LogP contribution in [-0.4, -0.2) is 31.2 Å². The minimum absolute atomic E-state index is 0.0760. The Labute approximate surface area is 110 Å². The van der Waals surface area contributed by atoms with Gasteiger partial charge in [-0.05, 0) is 17.7 Å². The lowest BCUT2D eigenvalue weighted by Gasteiger charge is -2.26. The molecule has 1 aromatic carbocycles. The van der Waals surface area contributed by atoms with Gasteiger partial charge in [-0.2, -0.15) is 0 Å². The molecule has 3 rings (SSSR count). The van der Waals surface area contributed by atoms with Crippen LogP contribution in [0.3, 0.4) is 0 Å². The number of hydrogen-bond donors (Lipinski definition) is 1. The van der Waals surface area contributed by atoms with E-state index >= 15 is 0 Å². The Hall–Kier alpha value is -2.02. The molecular formula is C12H12N2O4S. The molecular weight excluding hydrogens is 268 g/mol. The number of benzene rings is 1. The van der Waals surface area contributed by atoms with Crippen LogP contribution in [0.15, 0.2) is 35.0 Å². The van der Waals surface area contributed by atoms with E-state index in [2.05, 4.69) is 5.16 Å². The summed E-state index contributed by atoms with van der Waals surface area (Å²) < 4.78 is 32.5. The van der Waals surface area contributed by atoms with Gasteiger partial charge >= 0.3 is 0 Å². The molecule has 0 bridgehead atoms. The second-order valence-electron chi connectivity index (χ2n) is 4.45. The highest BCUT2D eigenvalue weighted by atomic mass is 32.2. The average Bonchev–Trinajstić information content (AvgIpc) is 2.73. The Bertz CT molecular complexity index is 696. The third-order valence-electron chi connectivity index (χ3n) is 2.93. The maximum Gasteiger partial charge on any atom is 0.229 e. The van der Waals surface area contributed by atoms with E-state index in [9.17, 15) is 8.42 Å². The van der Waals surface area contributed by atoms with E-state index in [1.54, 1.807) is 12.1 Å². The summed E-state index contributed by atoms with van der Waals surface area (Å²) >= 11 is 0. The number of aromatic nitrogens is 1. The Morgan fingerprint density at radius 2 is 2.16 bits per heavy atom. The predicted molar refractivity (Wildman–Crippen MR) is 69.4 cm³/mol. The molecule has 1 aliphatic heterocycles. The molecule has 1 saturated heterocycles. The molecule has 7 heteroatoms. The molecule has 1 aliphatic rings. The molecule has 2 N–H and O–H groups in total. The van der Waals surface area contributed by atoms with Gasteiger partial charge in [0.25, 0.3) is 0 Å². The molecule has 2 aromatic rings. The van der Waals surface area contributed by atoms with E-state index < -0.39 is 9.84 Å². The zero-order valence-electron chi connectivity index (χ0n) is 9.94. The second-order valence-corrected chi connectivity index (χ2v) is 6.60. The third kappa shape index (κ3) is 2.41. The summed E-state index contributed by atoms with van der Waals surface area (Å²) in [6, 6.07) is 7.23. The van der Waals surface area contributed by atoms with Crippen LogP contribution in [0.5, 0.6) is 5.75 Å². The summed E-state index contributed by atoms with van der Waals surface area (Å²) in [6.07, 6.45) is 1.27. The fraction of sp³-hybridized carbons (Fsp3) is 0.250. The van der Waals surface area contributed by atoms with E-state index in [1.807, 2.05) is 12.1 Å². The maximum atomic E-state index is 11.1. The predicted octanol–water partition coefficient (Wildman–Crippen LogP) is 1.10. The minimum atomic E-state index is -2.88. The van der Waals surface area contributed by atoms with Crippen molar-refractivity contribution in [3.05, 3.63) is 30.5 Å². The van der Waals surface area contributed by atoms with Crippen molar-refractivity contribution in [3.8, 4) is 16.9 Å². The monoisotopic (exact) mass is 280 g/mol. The number of rotatable bonds is 3. The van der Waals surface area contributed by atoms with Crippen molar-refractivity contribution < 1.29 is 17.7 Å². The van der Waals surface area contributed by atoms with Crippen LogP contribution in [0.4, 0.5) is 5.88 Å². The lowest BCUT2D eigenvalue weighted by molar-refractivity contribution is 0.230. The van der Waals surface area contributed by atoms with Gasteiger partial charge in [-0.3, -0.25) is 0 Å². The first-order valence-corrected chi connectivity index (χ1v) is 7.53. The number of ether oxygens (including phenoxy) is 1. The quantitative estimate of drug-likeness (QED) is 0.904. The molecule has 100 valence electrons. The Kier molecular flexibility index (Phi) is 2.70. The van der Waals surface area contributed by atoms with E-state index in [0.717, 1.165) is 5.56 Å². The van der Waals surface area contributed by atoms with Gasteiger partial charge in [0, 0.05) is 0 Å². The largest absolute Gasteiger partial charge is 0.488 e. The van der Waals surface area contributed by atoms with Crippen LogP contribution in [0.2, 0.25) is 0 Å². The number of nitrogens with zero attached hydrogens (tertiary/aromatic N) is 1. The molecule has 1 aromatic heterocycles. The lowest BCUT2D eigenvalue weighted by Crippen LogP contribution is -2.45. The molecule has 0 spiro atoms. The van der Waals surface area contributed by atoms with Gasteiger partial charge in [-0.1, -0.05) is 17.3 Å². The van der Waals surface area contributed by atoms with Gasteiger partial charge in [0.1, 0.15) is 11.9 Å². The molecule has 6 nitrogen and oxygen atoms in total. The number of nitrogens with two attached hydrogens (primary N) is 1. The molecule has 19 heavy (non-hydrogen) atoms.